The van der Waals surface area contributed by atoms with Crippen molar-refractivity contribution in [1.82, 2.24) is 0 Å². The van der Waals surface area contributed by atoms with Crippen molar-refractivity contribution in [3.05, 3.63) is 26.3 Å². The monoisotopic (exact) mass is 294 g/mol. The van der Waals surface area contributed by atoms with Crippen LogP contribution >= 0.6 is 11.3 Å². The average Bonchev–Trinajstić information content (AvgIpc) is 2.98. The number of esters is 1. The van der Waals surface area contributed by atoms with E-state index in [9.17, 15) is 9.59 Å². The van der Waals surface area contributed by atoms with Crippen molar-refractivity contribution in [2.24, 2.45) is 11.0 Å². The smallest absolute Gasteiger partial charge is 0.350 e. The highest BCUT2D eigenvalue weighted by molar-refractivity contribution is 7.12. The van der Waals surface area contributed by atoms with Gasteiger partial charge in [0.25, 0.3) is 0 Å². The molecular weight excluding hydrogens is 280 g/mol. The number of ether oxygens (including phenoxy) is 1. The molecule has 1 atom stereocenters. The fraction of sp³-hybridized carbons (Fsp3) is 0.500. The summed E-state index contributed by atoms with van der Waals surface area (Å²) in [5.74, 6) is -0.512. The lowest BCUT2D eigenvalue weighted by Crippen LogP contribution is -2.26. The predicted molar refractivity (Wildman–Crippen MR) is 74.9 cm³/mol. The van der Waals surface area contributed by atoms with Crippen LogP contribution < -0.4 is 4.90 Å². The summed E-state index contributed by atoms with van der Waals surface area (Å²) in [6.45, 7) is 2.60. The van der Waals surface area contributed by atoms with Gasteiger partial charge in [0.05, 0.1) is 12.8 Å². The largest absolute Gasteiger partial charge is 0.465 e. The zero-order chi connectivity index (χ0) is 14.7. The molecule has 0 bridgehead atoms. The van der Waals surface area contributed by atoms with Gasteiger partial charge in [-0.1, -0.05) is 5.11 Å². The Kier molecular flexibility index (Phi) is 4.26. The van der Waals surface area contributed by atoms with Crippen LogP contribution in [0.1, 0.15) is 21.7 Å². The minimum absolute atomic E-state index is 0.0109. The lowest BCUT2D eigenvalue weighted by atomic mass is 10.1. The molecule has 1 aliphatic rings. The van der Waals surface area contributed by atoms with E-state index >= 15 is 0 Å². The summed E-state index contributed by atoms with van der Waals surface area (Å²) in [5, 5.41) is 5.34. The molecule has 1 aromatic rings. The Bertz CT molecular complexity index is 592. The predicted octanol–water partition coefficient (Wildman–Crippen LogP) is 2.51. The highest BCUT2D eigenvalue weighted by Gasteiger charge is 2.34. The van der Waals surface area contributed by atoms with Gasteiger partial charge in [-0.15, -0.1) is 11.3 Å². The van der Waals surface area contributed by atoms with Gasteiger partial charge in [-0.3, -0.25) is 4.79 Å². The molecule has 2 rings (SSSR count). The SMILES string of the molecule is COC(=O)c1scc(C)c1N1CC(CN=[N+]=[N-])CC1=O. The average molecular weight is 294 g/mol. The van der Waals surface area contributed by atoms with Gasteiger partial charge in [0.2, 0.25) is 5.91 Å². The van der Waals surface area contributed by atoms with E-state index in [4.69, 9.17) is 10.3 Å². The van der Waals surface area contributed by atoms with Crippen molar-refractivity contribution < 1.29 is 14.3 Å². The number of amides is 1. The fourth-order valence-corrected chi connectivity index (χ4v) is 3.25. The molecule has 0 aromatic carbocycles. The molecule has 0 spiro atoms. The molecule has 1 unspecified atom stereocenters. The second-order valence-electron chi connectivity index (χ2n) is 4.58. The first-order valence-corrected chi connectivity index (χ1v) is 6.94. The minimum atomic E-state index is -0.440. The van der Waals surface area contributed by atoms with Crippen LogP contribution in [-0.4, -0.2) is 32.1 Å². The van der Waals surface area contributed by atoms with Crippen molar-refractivity contribution in [3.63, 3.8) is 0 Å². The molecule has 20 heavy (non-hydrogen) atoms. The number of thiophene rings is 1. The van der Waals surface area contributed by atoms with E-state index in [1.54, 1.807) is 4.90 Å². The summed E-state index contributed by atoms with van der Waals surface area (Å²) in [5.41, 5.74) is 9.82. The van der Waals surface area contributed by atoms with Gasteiger partial charge in [-0.25, -0.2) is 4.79 Å². The fourth-order valence-electron chi connectivity index (χ4n) is 2.28. The van der Waals surface area contributed by atoms with E-state index in [0.717, 1.165) is 5.56 Å². The van der Waals surface area contributed by atoms with E-state index in [-0.39, 0.29) is 18.4 Å². The second kappa shape index (κ2) is 5.94. The summed E-state index contributed by atoms with van der Waals surface area (Å²) >= 11 is 1.27. The first-order valence-electron chi connectivity index (χ1n) is 6.06. The molecule has 8 heteroatoms. The van der Waals surface area contributed by atoms with Crippen molar-refractivity contribution >= 4 is 28.9 Å². The zero-order valence-electron chi connectivity index (χ0n) is 11.2. The zero-order valence-corrected chi connectivity index (χ0v) is 12.0. The number of nitrogens with zero attached hydrogens (tertiary/aromatic N) is 4. The maximum absolute atomic E-state index is 12.1. The van der Waals surface area contributed by atoms with Crippen LogP contribution in [0.2, 0.25) is 0 Å². The Hall–Kier alpha value is -2.05. The van der Waals surface area contributed by atoms with Crippen LogP contribution in [0.25, 0.3) is 10.4 Å². The van der Waals surface area contributed by atoms with E-state index in [0.29, 0.717) is 23.5 Å². The van der Waals surface area contributed by atoms with Gasteiger partial charge in [0.1, 0.15) is 4.88 Å². The Morgan fingerprint density at radius 3 is 3.10 bits per heavy atom. The van der Waals surface area contributed by atoms with E-state index in [2.05, 4.69) is 10.0 Å². The lowest BCUT2D eigenvalue weighted by Gasteiger charge is -2.18. The third-order valence-corrected chi connectivity index (χ3v) is 4.26. The number of anilines is 1. The number of methoxy groups -OCH3 is 1. The van der Waals surface area contributed by atoms with Crippen molar-refractivity contribution in [1.29, 1.82) is 0 Å². The molecule has 1 saturated heterocycles. The molecule has 2 heterocycles. The van der Waals surface area contributed by atoms with Crippen LogP contribution in [-0.2, 0) is 9.53 Å². The van der Waals surface area contributed by atoms with Crippen molar-refractivity contribution in [2.75, 3.05) is 25.1 Å². The third-order valence-electron chi connectivity index (χ3n) is 3.19. The number of azide groups is 1. The Morgan fingerprint density at radius 1 is 1.70 bits per heavy atom. The van der Waals surface area contributed by atoms with Crippen LogP contribution in [0.5, 0.6) is 0 Å². The Labute approximate surface area is 119 Å². The van der Waals surface area contributed by atoms with Gasteiger partial charge in [-0.05, 0) is 29.3 Å². The highest BCUT2D eigenvalue weighted by Crippen LogP contribution is 2.35. The topological polar surface area (TPSA) is 95.4 Å². The summed E-state index contributed by atoms with van der Waals surface area (Å²) in [7, 11) is 1.32. The highest BCUT2D eigenvalue weighted by atomic mass is 32.1. The van der Waals surface area contributed by atoms with Crippen molar-refractivity contribution in [3.8, 4) is 0 Å². The van der Waals surface area contributed by atoms with Crippen molar-refractivity contribution in [2.45, 2.75) is 13.3 Å². The van der Waals surface area contributed by atoms with E-state index in [1.165, 1.54) is 18.4 Å². The molecule has 1 aliphatic heterocycles. The summed E-state index contributed by atoms with van der Waals surface area (Å²) in [4.78, 5) is 28.6. The van der Waals surface area contributed by atoms with Crippen LogP contribution in [0, 0.1) is 12.8 Å². The maximum atomic E-state index is 12.1. The molecule has 0 N–H and O–H groups in total. The van der Waals surface area contributed by atoms with E-state index < -0.39 is 5.97 Å². The van der Waals surface area contributed by atoms with Gasteiger partial charge >= 0.3 is 5.97 Å². The minimum Gasteiger partial charge on any atom is -0.465 e. The number of rotatable bonds is 4. The molecule has 0 radical (unpaired) electrons. The molecule has 1 fully saturated rings. The first-order chi connectivity index (χ1) is 9.58. The molecule has 0 aliphatic carbocycles. The third kappa shape index (κ3) is 2.61. The number of hydrogen-bond acceptors (Lipinski definition) is 5. The molecular formula is C12H14N4O3S. The summed E-state index contributed by atoms with van der Waals surface area (Å²) < 4.78 is 4.74. The Morgan fingerprint density at radius 2 is 2.45 bits per heavy atom. The standard InChI is InChI=1S/C12H14N4O3S/c1-7-6-20-11(12(18)19-2)10(7)16-5-8(3-9(16)17)4-14-15-13/h6,8H,3-5H2,1-2H3. The normalized spacial score (nSPS) is 18.0. The van der Waals surface area contributed by atoms with Crippen LogP contribution in [0.3, 0.4) is 0 Å². The maximum Gasteiger partial charge on any atom is 0.350 e. The summed E-state index contributed by atoms with van der Waals surface area (Å²) in [6, 6.07) is 0. The first kappa shape index (κ1) is 14.4. The quantitative estimate of drug-likeness (QED) is 0.369. The summed E-state index contributed by atoms with van der Waals surface area (Å²) in [6.07, 6.45) is 0.328. The van der Waals surface area contributed by atoms with Gasteiger partial charge in [0, 0.05) is 24.4 Å². The molecule has 1 amide bonds. The molecule has 106 valence electrons. The van der Waals surface area contributed by atoms with Crippen LogP contribution in [0.4, 0.5) is 5.69 Å². The number of hydrogen-bond donors (Lipinski definition) is 0. The number of carbonyl (C=O) groups excluding carboxylic acids is 2. The number of aryl methyl sites for hydroxylation is 1. The molecule has 1 aromatic heterocycles. The molecule has 0 saturated carbocycles. The Balaban J connectivity index is 2.28. The lowest BCUT2D eigenvalue weighted by molar-refractivity contribution is -0.117. The van der Waals surface area contributed by atoms with Crippen LogP contribution in [0.15, 0.2) is 10.5 Å². The van der Waals surface area contributed by atoms with Gasteiger partial charge < -0.3 is 9.64 Å². The van der Waals surface area contributed by atoms with E-state index in [1.807, 2.05) is 12.3 Å². The number of carbonyl (C=O) groups is 2. The second-order valence-corrected chi connectivity index (χ2v) is 5.46. The van der Waals surface area contributed by atoms with Gasteiger partial charge in [-0.2, -0.15) is 0 Å². The van der Waals surface area contributed by atoms with Gasteiger partial charge in [0.15, 0.2) is 0 Å². The molecule has 7 nitrogen and oxygen atoms in total.